The Bertz CT molecular complexity index is 340. The summed E-state index contributed by atoms with van der Waals surface area (Å²) in [6.07, 6.45) is 0. The number of allylic oxidation sites excluding steroid dienone is 2. The van der Waals surface area contributed by atoms with E-state index < -0.39 is 33.5 Å². The maximum Gasteiger partial charge on any atom is 0.270 e. The lowest BCUT2D eigenvalue weighted by Gasteiger charge is -2.32. The van der Waals surface area contributed by atoms with E-state index in [0.717, 1.165) is 0 Å². The van der Waals surface area contributed by atoms with Gasteiger partial charge in [0.1, 0.15) is 5.03 Å². The molecular weight excluding hydrogens is 252 g/mol. The lowest BCUT2D eigenvalue weighted by Crippen LogP contribution is -2.39. The topological polar surface area (TPSA) is 9.23 Å². The van der Waals surface area contributed by atoms with Crippen LogP contribution in [-0.4, -0.2) is 12.5 Å². The van der Waals surface area contributed by atoms with Crippen molar-refractivity contribution in [1.82, 2.24) is 0 Å². The van der Waals surface area contributed by atoms with Crippen LogP contribution in [0, 0.1) is 5.92 Å². The SMILES string of the molecule is CCOC1(F)C(F)=C(Cl)C(F)=C(Cl)C1C. The first kappa shape index (κ1) is 12.9. The van der Waals surface area contributed by atoms with Crippen LogP contribution in [-0.2, 0) is 4.74 Å². The minimum absolute atomic E-state index is 0.0791. The van der Waals surface area contributed by atoms with E-state index in [1.165, 1.54) is 13.8 Å². The number of hydrogen-bond acceptors (Lipinski definition) is 1. The van der Waals surface area contributed by atoms with Crippen LogP contribution >= 0.6 is 23.2 Å². The number of alkyl halides is 1. The molecule has 15 heavy (non-hydrogen) atoms. The molecule has 0 bridgehead atoms. The smallest absolute Gasteiger partial charge is 0.270 e. The molecule has 1 nitrogen and oxygen atoms in total. The van der Waals surface area contributed by atoms with Crippen LogP contribution in [0.4, 0.5) is 13.2 Å². The average Bonchev–Trinajstić information content (AvgIpc) is 2.22. The molecule has 0 heterocycles. The molecule has 0 aromatic heterocycles. The zero-order valence-electron chi connectivity index (χ0n) is 8.08. The molecule has 0 amide bonds. The molecule has 0 N–H and O–H groups in total. The van der Waals surface area contributed by atoms with Crippen LogP contribution in [0.5, 0.6) is 0 Å². The van der Waals surface area contributed by atoms with Gasteiger partial charge in [-0.05, 0) is 6.92 Å². The summed E-state index contributed by atoms with van der Waals surface area (Å²) in [6, 6.07) is 0. The molecule has 0 fully saturated rings. The molecule has 0 saturated carbocycles. The second-order valence-corrected chi connectivity index (χ2v) is 3.87. The van der Waals surface area contributed by atoms with E-state index in [1.807, 2.05) is 0 Å². The first-order valence-corrected chi connectivity index (χ1v) is 5.06. The van der Waals surface area contributed by atoms with Gasteiger partial charge in [-0.25, -0.2) is 13.2 Å². The van der Waals surface area contributed by atoms with Crippen LogP contribution < -0.4 is 0 Å². The Morgan fingerprint density at radius 3 is 2.40 bits per heavy atom. The fourth-order valence-electron chi connectivity index (χ4n) is 1.29. The molecule has 0 saturated heterocycles. The summed E-state index contributed by atoms with van der Waals surface area (Å²) in [5, 5.41) is -1.44. The predicted octanol–water partition coefficient (Wildman–Crippen LogP) is 4.18. The van der Waals surface area contributed by atoms with E-state index in [-0.39, 0.29) is 6.61 Å². The van der Waals surface area contributed by atoms with E-state index >= 15 is 0 Å². The van der Waals surface area contributed by atoms with E-state index in [4.69, 9.17) is 23.2 Å². The zero-order chi connectivity index (χ0) is 11.8. The number of ether oxygens (including phenoxy) is 1. The van der Waals surface area contributed by atoms with Crippen molar-refractivity contribution in [3.8, 4) is 0 Å². The van der Waals surface area contributed by atoms with Crippen LogP contribution in [0.1, 0.15) is 13.8 Å². The second-order valence-electron chi connectivity index (χ2n) is 3.09. The van der Waals surface area contributed by atoms with Crippen molar-refractivity contribution in [2.45, 2.75) is 19.7 Å². The molecular formula is C9H9Cl2F3O. The fourth-order valence-corrected chi connectivity index (χ4v) is 1.81. The van der Waals surface area contributed by atoms with Gasteiger partial charge in [0.15, 0.2) is 11.7 Å². The van der Waals surface area contributed by atoms with E-state index in [0.29, 0.717) is 0 Å². The zero-order valence-corrected chi connectivity index (χ0v) is 9.59. The van der Waals surface area contributed by atoms with Crippen molar-refractivity contribution in [2.75, 3.05) is 6.61 Å². The van der Waals surface area contributed by atoms with E-state index in [1.54, 1.807) is 0 Å². The van der Waals surface area contributed by atoms with Crippen molar-refractivity contribution in [3.05, 3.63) is 21.7 Å². The third-order valence-electron chi connectivity index (χ3n) is 2.19. The lowest BCUT2D eigenvalue weighted by molar-refractivity contribution is -0.151. The molecule has 2 unspecified atom stereocenters. The van der Waals surface area contributed by atoms with Crippen molar-refractivity contribution in [3.63, 3.8) is 0 Å². The van der Waals surface area contributed by atoms with Crippen molar-refractivity contribution in [1.29, 1.82) is 0 Å². The van der Waals surface area contributed by atoms with Gasteiger partial charge < -0.3 is 4.74 Å². The standard InChI is InChI=1S/C9H9Cl2F3O/c1-3-15-9(14)4(2)5(10)7(12)6(11)8(9)13/h4H,3H2,1-2H3. The summed E-state index contributed by atoms with van der Waals surface area (Å²) < 4.78 is 45.2. The molecule has 86 valence electrons. The van der Waals surface area contributed by atoms with Crippen molar-refractivity contribution >= 4 is 23.2 Å². The van der Waals surface area contributed by atoms with Gasteiger partial charge in [0.25, 0.3) is 5.85 Å². The Hall–Kier alpha value is -0.190. The Morgan fingerprint density at radius 2 is 1.93 bits per heavy atom. The van der Waals surface area contributed by atoms with Gasteiger partial charge in [0, 0.05) is 6.61 Å². The molecule has 1 rings (SSSR count). The summed E-state index contributed by atoms with van der Waals surface area (Å²) in [5.41, 5.74) is 0. The minimum atomic E-state index is -2.78. The van der Waals surface area contributed by atoms with Crippen LogP contribution in [0.2, 0.25) is 0 Å². The highest BCUT2D eigenvalue weighted by molar-refractivity contribution is 6.36. The summed E-state index contributed by atoms with van der Waals surface area (Å²) in [4.78, 5) is 0. The highest BCUT2D eigenvalue weighted by Gasteiger charge is 2.50. The number of rotatable bonds is 2. The first-order valence-electron chi connectivity index (χ1n) is 4.30. The van der Waals surface area contributed by atoms with Gasteiger partial charge in [-0.3, -0.25) is 0 Å². The maximum absolute atomic E-state index is 14.0. The van der Waals surface area contributed by atoms with Crippen LogP contribution in [0.15, 0.2) is 21.7 Å². The Balaban J connectivity index is 3.25. The van der Waals surface area contributed by atoms with Crippen molar-refractivity contribution < 1.29 is 17.9 Å². The molecule has 1 aliphatic rings. The van der Waals surface area contributed by atoms with Crippen LogP contribution in [0.25, 0.3) is 0 Å². The summed E-state index contributed by atoms with van der Waals surface area (Å²) in [5.74, 6) is -6.66. The summed E-state index contributed by atoms with van der Waals surface area (Å²) >= 11 is 10.8. The first-order chi connectivity index (χ1) is 6.86. The highest BCUT2D eigenvalue weighted by Crippen LogP contribution is 2.48. The predicted molar refractivity (Wildman–Crippen MR) is 52.6 cm³/mol. The van der Waals surface area contributed by atoms with E-state index in [2.05, 4.69) is 4.74 Å². The van der Waals surface area contributed by atoms with Gasteiger partial charge in [0.2, 0.25) is 0 Å². The minimum Gasteiger partial charge on any atom is -0.340 e. The molecule has 0 aromatic rings. The lowest BCUT2D eigenvalue weighted by atomic mass is 9.95. The van der Waals surface area contributed by atoms with Gasteiger partial charge in [-0.15, -0.1) is 0 Å². The summed E-state index contributed by atoms with van der Waals surface area (Å²) in [6.45, 7) is 2.63. The van der Waals surface area contributed by atoms with Gasteiger partial charge in [-0.1, -0.05) is 30.1 Å². The normalized spacial score (nSPS) is 32.6. The quantitative estimate of drug-likeness (QED) is 0.724. The largest absolute Gasteiger partial charge is 0.340 e. The molecule has 0 radical (unpaired) electrons. The van der Waals surface area contributed by atoms with Gasteiger partial charge in [0.05, 0.1) is 11.0 Å². The Kier molecular flexibility index (Phi) is 3.74. The van der Waals surface area contributed by atoms with Gasteiger partial charge in [-0.2, -0.15) is 0 Å². The molecule has 6 heteroatoms. The molecule has 1 aliphatic carbocycles. The third kappa shape index (κ3) is 1.90. The van der Waals surface area contributed by atoms with Crippen molar-refractivity contribution in [2.24, 2.45) is 5.92 Å². The molecule has 0 spiro atoms. The molecule has 2 atom stereocenters. The molecule has 0 aliphatic heterocycles. The highest BCUT2D eigenvalue weighted by atomic mass is 35.5. The Morgan fingerprint density at radius 1 is 1.40 bits per heavy atom. The average molecular weight is 261 g/mol. The van der Waals surface area contributed by atoms with Crippen LogP contribution in [0.3, 0.4) is 0 Å². The summed E-state index contributed by atoms with van der Waals surface area (Å²) in [7, 11) is 0. The van der Waals surface area contributed by atoms with E-state index in [9.17, 15) is 13.2 Å². The molecule has 0 aromatic carbocycles. The number of hydrogen-bond donors (Lipinski definition) is 0. The number of halogens is 5. The monoisotopic (exact) mass is 260 g/mol. The fraction of sp³-hybridized carbons (Fsp3) is 0.556. The second kappa shape index (κ2) is 4.36. The maximum atomic E-state index is 14.0. The van der Waals surface area contributed by atoms with Gasteiger partial charge >= 0.3 is 0 Å². The third-order valence-corrected chi connectivity index (χ3v) is 3.01. The Labute approximate surface area is 95.5 Å².